The predicted octanol–water partition coefficient (Wildman–Crippen LogP) is 3.08. The number of sulfonamides is 1. The van der Waals surface area contributed by atoms with E-state index in [2.05, 4.69) is 31.6 Å². The third-order valence-electron chi connectivity index (χ3n) is 6.14. The highest BCUT2D eigenvalue weighted by Crippen LogP contribution is 2.32. The number of hydrogen-bond donors (Lipinski definition) is 2. The van der Waals surface area contributed by atoms with Crippen LogP contribution >= 0.6 is 0 Å². The molecule has 3 aromatic rings. The first-order valence-electron chi connectivity index (χ1n) is 10.6. The number of anilines is 1. The van der Waals surface area contributed by atoms with E-state index in [9.17, 15) is 8.42 Å². The fourth-order valence-electron chi connectivity index (χ4n) is 4.32. The number of ether oxygens (including phenoxy) is 1. The number of nitrogens with one attached hydrogen (secondary N) is 2. The van der Waals surface area contributed by atoms with Gasteiger partial charge in [-0.25, -0.2) is 23.1 Å². The van der Waals surface area contributed by atoms with E-state index in [1.54, 1.807) is 13.4 Å². The summed E-state index contributed by atoms with van der Waals surface area (Å²) in [5.74, 6) is 2.03. The average molecular weight is 444 g/mol. The number of aromatic amines is 1. The normalized spacial score (nSPS) is 19.4. The topological polar surface area (TPSA) is 100 Å². The standard InChI is InChI=1S/C22H29N5O3S/c1-27(22-20-11-12-23-21(20)24-15-25-22)18-7-3-17(4-8-18)14-31(28,29)26-13-16-5-9-19(30-2)10-6-16/h5-6,9-12,15,17-18,26H,3-4,7-8,13-14H2,1-2H3,(H,23,24,25)/t17-,18-. The number of H-pyrrole nitrogens is 1. The molecular weight excluding hydrogens is 414 g/mol. The number of benzene rings is 1. The van der Waals surface area contributed by atoms with Crippen molar-refractivity contribution in [2.45, 2.75) is 38.3 Å². The van der Waals surface area contributed by atoms with Crippen LogP contribution in [0.3, 0.4) is 0 Å². The van der Waals surface area contributed by atoms with Crippen LogP contribution in [0.2, 0.25) is 0 Å². The van der Waals surface area contributed by atoms with E-state index in [1.165, 1.54) is 0 Å². The van der Waals surface area contributed by atoms with Gasteiger partial charge in [-0.05, 0) is 55.4 Å². The molecule has 2 N–H and O–H groups in total. The van der Waals surface area contributed by atoms with Gasteiger partial charge in [0.05, 0.1) is 18.2 Å². The van der Waals surface area contributed by atoms with Gasteiger partial charge in [0.2, 0.25) is 10.0 Å². The maximum Gasteiger partial charge on any atom is 0.212 e. The van der Waals surface area contributed by atoms with Gasteiger partial charge in [-0.15, -0.1) is 0 Å². The molecule has 4 rings (SSSR count). The van der Waals surface area contributed by atoms with Crippen LogP contribution in [0.1, 0.15) is 31.2 Å². The van der Waals surface area contributed by atoms with E-state index in [0.29, 0.717) is 12.6 Å². The summed E-state index contributed by atoms with van der Waals surface area (Å²) in [6.45, 7) is 0.296. The summed E-state index contributed by atoms with van der Waals surface area (Å²) in [5, 5.41) is 1.01. The molecule has 1 aliphatic rings. The SMILES string of the molecule is COc1ccc(CNS(=O)(=O)C[C@H]2CC[C@H](N(C)c3ncnc4[nH]ccc34)CC2)cc1. The lowest BCUT2D eigenvalue weighted by molar-refractivity contribution is 0.340. The number of methoxy groups -OCH3 is 1. The second-order valence-corrected chi connectivity index (χ2v) is 10.0. The van der Waals surface area contributed by atoms with Crippen LogP contribution in [-0.2, 0) is 16.6 Å². The Kier molecular flexibility index (Phi) is 6.43. The highest BCUT2D eigenvalue weighted by atomic mass is 32.2. The van der Waals surface area contributed by atoms with E-state index >= 15 is 0 Å². The van der Waals surface area contributed by atoms with Gasteiger partial charge in [0.25, 0.3) is 0 Å². The van der Waals surface area contributed by atoms with Crippen LogP contribution in [0, 0.1) is 5.92 Å². The molecule has 8 nitrogen and oxygen atoms in total. The molecule has 166 valence electrons. The van der Waals surface area contributed by atoms with Gasteiger partial charge in [-0.2, -0.15) is 0 Å². The van der Waals surface area contributed by atoms with Crippen molar-refractivity contribution in [3.05, 3.63) is 48.4 Å². The third-order valence-corrected chi connectivity index (χ3v) is 7.64. The number of fused-ring (bicyclic) bond motifs is 1. The fraction of sp³-hybridized carbons (Fsp3) is 0.455. The zero-order valence-corrected chi connectivity index (χ0v) is 18.7. The summed E-state index contributed by atoms with van der Waals surface area (Å²) in [6, 6.07) is 9.75. The first-order chi connectivity index (χ1) is 14.9. The lowest BCUT2D eigenvalue weighted by Crippen LogP contribution is -2.38. The van der Waals surface area contributed by atoms with Crippen molar-refractivity contribution >= 4 is 26.9 Å². The van der Waals surface area contributed by atoms with Crippen LogP contribution in [0.5, 0.6) is 5.75 Å². The maximum atomic E-state index is 12.6. The quantitative estimate of drug-likeness (QED) is 0.555. The van der Waals surface area contributed by atoms with Crippen molar-refractivity contribution in [3.63, 3.8) is 0 Å². The largest absolute Gasteiger partial charge is 0.497 e. The van der Waals surface area contributed by atoms with Crippen molar-refractivity contribution in [1.82, 2.24) is 19.7 Å². The van der Waals surface area contributed by atoms with E-state index < -0.39 is 10.0 Å². The van der Waals surface area contributed by atoms with Crippen molar-refractivity contribution in [2.24, 2.45) is 5.92 Å². The number of hydrogen-bond acceptors (Lipinski definition) is 6. The molecule has 1 aliphatic carbocycles. The molecule has 2 heterocycles. The third kappa shape index (κ3) is 5.16. The summed E-state index contributed by atoms with van der Waals surface area (Å²) in [7, 11) is 0.346. The van der Waals surface area contributed by atoms with Crippen LogP contribution in [0.25, 0.3) is 11.0 Å². The van der Waals surface area contributed by atoms with Crippen LogP contribution in [0.15, 0.2) is 42.9 Å². The van der Waals surface area contributed by atoms with Gasteiger partial charge in [0.15, 0.2) is 0 Å². The first-order valence-corrected chi connectivity index (χ1v) is 12.2. The Morgan fingerprint density at radius 3 is 2.58 bits per heavy atom. The minimum atomic E-state index is -3.33. The van der Waals surface area contributed by atoms with E-state index in [0.717, 1.165) is 53.8 Å². The van der Waals surface area contributed by atoms with Crippen LogP contribution < -0.4 is 14.4 Å². The van der Waals surface area contributed by atoms with E-state index in [1.807, 2.05) is 36.5 Å². The Morgan fingerprint density at radius 1 is 1.13 bits per heavy atom. The zero-order valence-electron chi connectivity index (χ0n) is 17.9. The predicted molar refractivity (Wildman–Crippen MR) is 122 cm³/mol. The molecule has 31 heavy (non-hydrogen) atoms. The van der Waals surface area contributed by atoms with Gasteiger partial charge in [0, 0.05) is 25.8 Å². The summed E-state index contributed by atoms with van der Waals surface area (Å²) >= 11 is 0. The van der Waals surface area contributed by atoms with Crippen molar-refractivity contribution in [2.75, 3.05) is 24.8 Å². The Labute approximate surface area is 183 Å². The molecule has 2 aromatic heterocycles. The molecule has 1 saturated carbocycles. The van der Waals surface area contributed by atoms with Gasteiger partial charge in [-0.1, -0.05) is 12.1 Å². The monoisotopic (exact) mass is 443 g/mol. The Bertz CT molecular complexity index is 1110. The van der Waals surface area contributed by atoms with Crippen LogP contribution in [-0.4, -0.2) is 49.3 Å². The van der Waals surface area contributed by atoms with E-state index in [-0.39, 0.29) is 11.7 Å². The molecule has 0 spiro atoms. The van der Waals surface area contributed by atoms with Crippen molar-refractivity contribution in [3.8, 4) is 5.75 Å². The van der Waals surface area contributed by atoms with Crippen molar-refractivity contribution < 1.29 is 13.2 Å². The molecule has 0 atom stereocenters. The van der Waals surface area contributed by atoms with E-state index in [4.69, 9.17) is 4.74 Å². The molecule has 1 fully saturated rings. The fourth-order valence-corrected chi connectivity index (χ4v) is 5.78. The van der Waals surface area contributed by atoms with Gasteiger partial charge in [-0.3, -0.25) is 0 Å². The lowest BCUT2D eigenvalue weighted by atomic mass is 9.86. The van der Waals surface area contributed by atoms with Gasteiger partial charge >= 0.3 is 0 Å². The molecule has 0 saturated heterocycles. The molecule has 1 aromatic carbocycles. The minimum absolute atomic E-state index is 0.176. The Balaban J connectivity index is 1.29. The number of nitrogens with zero attached hydrogens (tertiary/aromatic N) is 3. The maximum absolute atomic E-state index is 12.6. The second-order valence-electron chi connectivity index (χ2n) is 8.17. The van der Waals surface area contributed by atoms with Gasteiger partial charge in [0.1, 0.15) is 23.5 Å². The highest BCUT2D eigenvalue weighted by molar-refractivity contribution is 7.89. The molecule has 0 bridgehead atoms. The summed E-state index contributed by atoms with van der Waals surface area (Å²) in [4.78, 5) is 14.1. The highest BCUT2D eigenvalue weighted by Gasteiger charge is 2.28. The Hall–Kier alpha value is -2.65. The minimum Gasteiger partial charge on any atom is -0.497 e. The van der Waals surface area contributed by atoms with Gasteiger partial charge < -0.3 is 14.6 Å². The summed E-state index contributed by atoms with van der Waals surface area (Å²) in [6.07, 6.45) is 7.13. The Morgan fingerprint density at radius 2 is 1.87 bits per heavy atom. The molecule has 0 aliphatic heterocycles. The molecule has 0 radical (unpaired) electrons. The molecule has 0 amide bonds. The second kappa shape index (κ2) is 9.23. The number of rotatable bonds is 8. The molecule has 9 heteroatoms. The molecule has 0 unspecified atom stereocenters. The first kappa shape index (κ1) is 21.6. The average Bonchev–Trinajstić information content (AvgIpc) is 3.27. The summed E-state index contributed by atoms with van der Waals surface area (Å²) < 4.78 is 33.0. The molecular formula is C22H29N5O3S. The zero-order chi connectivity index (χ0) is 21.8. The van der Waals surface area contributed by atoms with Crippen molar-refractivity contribution in [1.29, 1.82) is 0 Å². The summed E-state index contributed by atoms with van der Waals surface area (Å²) in [5.41, 5.74) is 1.75. The smallest absolute Gasteiger partial charge is 0.212 e. The van der Waals surface area contributed by atoms with Crippen LogP contribution in [0.4, 0.5) is 5.82 Å². The number of aromatic nitrogens is 3. The lowest BCUT2D eigenvalue weighted by Gasteiger charge is -2.35.